The van der Waals surface area contributed by atoms with Crippen LogP contribution in [0.2, 0.25) is 0 Å². The molecule has 2 amide bonds. The predicted molar refractivity (Wildman–Crippen MR) is 105 cm³/mol. The van der Waals surface area contributed by atoms with E-state index >= 15 is 0 Å². The highest BCUT2D eigenvalue weighted by molar-refractivity contribution is 7.80. The van der Waals surface area contributed by atoms with Gasteiger partial charge >= 0.3 is 0 Å². The van der Waals surface area contributed by atoms with E-state index in [2.05, 4.69) is 5.32 Å². The smallest absolute Gasteiger partial charge is 0.270 e. The van der Waals surface area contributed by atoms with Gasteiger partial charge in [0.15, 0.2) is 5.11 Å². The van der Waals surface area contributed by atoms with Gasteiger partial charge in [0.2, 0.25) is 0 Å². The summed E-state index contributed by atoms with van der Waals surface area (Å²) >= 11 is 5.20. The minimum Gasteiger partial charge on any atom is -0.493 e. The Morgan fingerprint density at radius 2 is 1.81 bits per heavy atom. The van der Waals surface area contributed by atoms with Crippen LogP contribution >= 0.6 is 12.2 Å². The van der Waals surface area contributed by atoms with Crippen LogP contribution in [0.3, 0.4) is 0 Å². The van der Waals surface area contributed by atoms with Crippen molar-refractivity contribution in [1.82, 2.24) is 5.32 Å². The first-order valence-corrected chi connectivity index (χ1v) is 8.62. The number of ether oxygens (including phenoxy) is 1. The third-order valence-electron chi connectivity index (χ3n) is 3.91. The Balaban J connectivity index is 2.02. The second-order valence-corrected chi connectivity index (χ2v) is 6.15. The highest BCUT2D eigenvalue weighted by Gasteiger charge is 2.34. The number of aryl methyl sites for hydroxylation is 1. The summed E-state index contributed by atoms with van der Waals surface area (Å²) in [6, 6.07) is 14.6. The molecule has 0 saturated carbocycles. The number of para-hydroxylation sites is 1. The van der Waals surface area contributed by atoms with Gasteiger partial charge in [-0.3, -0.25) is 19.8 Å². The lowest BCUT2D eigenvalue weighted by molar-refractivity contribution is -0.122. The lowest BCUT2D eigenvalue weighted by Crippen LogP contribution is -2.54. The predicted octanol–water partition coefficient (Wildman–Crippen LogP) is 3.23. The van der Waals surface area contributed by atoms with Gasteiger partial charge in [-0.05, 0) is 50.3 Å². The fourth-order valence-corrected chi connectivity index (χ4v) is 2.91. The van der Waals surface area contributed by atoms with Crippen molar-refractivity contribution in [1.29, 1.82) is 0 Å². The maximum absolute atomic E-state index is 13.0. The van der Waals surface area contributed by atoms with Crippen molar-refractivity contribution >= 4 is 40.9 Å². The molecule has 2 aromatic rings. The van der Waals surface area contributed by atoms with Crippen LogP contribution in [0.25, 0.3) is 6.08 Å². The number of amides is 2. The molecule has 2 aromatic carbocycles. The van der Waals surface area contributed by atoms with E-state index in [1.54, 1.807) is 24.3 Å². The summed E-state index contributed by atoms with van der Waals surface area (Å²) in [4.78, 5) is 26.7. The van der Waals surface area contributed by atoms with E-state index < -0.39 is 11.8 Å². The number of nitrogens with one attached hydrogen (secondary N) is 1. The largest absolute Gasteiger partial charge is 0.493 e. The first kappa shape index (κ1) is 17.8. The number of nitrogens with zero attached hydrogens (tertiary/aromatic N) is 1. The summed E-state index contributed by atoms with van der Waals surface area (Å²) in [6.07, 6.45) is 1.53. The van der Waals surface area contributed by atoms with E-state index in [1.165, 1.54) is 11.0 Å². The summed E-state index contributed by atoms with van der Waals surface area (Å²) in [7, 11) is 0. The summed E-state index contributed by atoms with van der Waals surface area (Å²) in [5, 5.41) is 2.65. The molecule has 1 N–H and O–H groups in total. The monoisotopic (exact) mass is 366 g/mol. The molecule has 0 aliphatic carbocycles. The number of rotatable bonds is 4. The number of carbonyl (C=O) groups is 2. The number of benzene rings is 2. The average Bonchev–Trinajstić information content (AvgIpc) is 2.61. The molecule has 0 unspecified atom stereocenters. The maximum atomic E-state index is 13.0. The van der Waals surface area contributed by atoms with Crippen LogP contribution in [0.4, 0.5) is 5.69 Å². The maximum Gasteiger partial charge on any atom is 0.270 e. The van der Waals surface area contributed by atoms with Crippen LogP contribution in [-0.4, -0.2) is 23.5 Å². The Bertz CT molecular complexity index is 904. The van der Waals surface area contributed by atoms with Crippen molar-refractivity contribution in [2.45, 2.75) is 13.8 Å². The molecule has 0 aromatic heterocycles. The summed E-state index contributed by atoms with van der Waals surface area (Å²) < 4.78 is 5.57. The molecule has 0 spiro atoms. The molecule has 0 atom stereocenters. The van der Waals surface area contributed by atoms with Crippen molar-refractivity contribution in [3.05, 3.63) is 65.2 Å². The number of thiocarbonyl (C=S) groups is 1. The van der Waals surface area contributed by atoms with Crippen LogP contribution < -0.4 is 15.0 Å². The van der Waals surface area contributed by atoms with E-state index in [-0.39, 0.29) is 10.7 Å². The van der Waals surface area contributed by atoms with Crippen molar-refractivity contribution in [3.63, 3.8) is 0 Å². The molecular weight excluding hydrogens is 348 g/mol. The molecule has 6 heteroatoms. The Morgan fingerprint density at radius 3 is 2.50 bits per heavy atom. The van der Waals surface area contributed by atoms with Crippen molar-refractivity contribution < 1.29 is 14.3 Å². The van der Waals surface area contributed by atoms with Gasteiger partial charge in [-0.1, -0.05) is 35.9 Å². The highest BCUT2D eigenvalue weighted by atomic mass is 32.1. The van der Waals surface area contributed by atoms with Gasteiger partial charge in [0.1, 0.15) is 11.3 Å². The molecule has 132 valence electrons. The lowest BCUT2D eigenvalue weighted by Gasteiger charge is -2.29. The first-order valence-electron chi connectivity index (χ1n) is 8.21. The van der Waals surface area contributed by atoms with Crippen LogP contribution in [0, 0.1) is 6.92 Å². The van der Waals surface area contributed by atoms with Crippen LogP contribution in [0.5, 0.6) is 5.75 Å². The molecule has 26 heavy (non-hydrogen) atoms. The van der Waals surface area contributed by atoms with E-state index in [4.69, 9.17) is 17.0 Å². The molecule has 1 aliphatic rings. The van der Waals surface area contributed by atoms with Gasteiger partial charge in [0, 0.05) is 5.56 Å². The summed E-state index contributed by atoms with van der Waals surface area (Å²) in [5.74, 6) is -0.373. The second-order valence-electron chi connectivity index (χ2n) is 5.76. The number of carbonyl (C=O) groups excluding carboxylic acids is 2. The SMILES string of the molecule is CCOc1ccccc1/C=C1\C(=O)NC(=S)N(c2ccc(C)cc2)C1=O. The fourth-order valence-electron chi connectivity index (χ4n) is 2.63. The van der Waals surface area contributed by atoms with Crippen LogP contribution in [0.15, 0.2) is 54.1 Å². The van der Waals surface area contributed by atoms with Crippen molar-refractivity contribution in [2.75, 3.05) is 11.5 Å². The average molecular weight is 366 g/mol. The molecule has 1 heterocycles. The minimum atomic E-state index is -0.519. The van der Waals surface area contributed by atoms with E-state index in [9.17, 15) is 9.59 Å². The first-order chi connectivity index (χ1) is 12.5. The molecule has 0 bridgehead atoms. The summed E-state index contributed by atoms with van der Waals surface area (Å²) in [6.45, 7) is 4.32. The Kier molecular flexibility index (Phi) is 5.14. The Hall–Kier alpha value is -2.99. The normalized spacial score (nSPS) is 16.0. The molecule has 5 nitrogen and oxygen atoms in total. The molecule has 1 fully saturated rings. The van der Waals surface area contributed by atoms with Gasteiger partial charge in [-0.15, -0.1) is 0 Å². The number of hydrogen-bond acceptors (Lipinski definition) is 4. The molecule has 1 saturated heterocycles. The standard InChI is InChI=1S/C20H18N2O3S/c1-3-25-17-7-5-4-6-14(17)12-16-18(23)21-20(26)22(19(16)24)15-10-8-13(2)9-11-15/h4-12H,3H2,1-2H3,(H,21,23,26)/b16-12+. The molecule has 3 rings (SSSR count). The van der Waals surface area contributed by atoms with E-state index in [0.29, 0.717) is 23.6 Å². The third-order valence-corrected chi connectivity index (χ3v) is 4.20. The Labute approximate surface area is 157 Å². The van der Waals surface area contributed by atoms with Gasteiger partial charge in [-0.25, -0.2) is 0 Å². The van der Waals surface area contributed by atoms with Crippen molar-refractivity contribution in [3.8, 4) is 5.75 Å². The number of anilines is 1. The third kappa shape index (κ3) is 3.50. The van der Waals surface area contributed by atoms with Crippen molar-refractivity contribution in [2.24, 2.45) is 0 Å². The van der Waals surface area contributed by atoms with Crippen LogP contribution in [-0.2, 0) is 9.59 Å². The minimum absolute atomic E-state index is 0.00586. The Morgan fingerprint density at radius 1 is 1.12 bits per heavy atom. The summed E-state index contributed by atoms with van der Waals surface area (Å²) in [5.41, 5.74) is 2.33. The molecule has 1 aliphatic heterocycles. The second kappa shape index (κ2) is 7.49. The lowest BCUT2D eigenvalue weighted by atomic mass is 10.1. The van der Waals surface area contributed by atoms with E-state index in [0.717, 1.165) is 5.56 Å². The molecular formula is C20H18N2O3S. The zero-order valence-corrected chi connectivity index (χ0v) is 15.3. The fraction of sp³-hybridized carbons (Fsp3) is 0.150. The van der Waals surface area contributed by atoms with Gasteiger partial charge in [0.05, 0.1) is 12.3 Å². The zero-order valence-electron chi connectivity index (χ0n) is 14.5. The van der Waals surface area contributed by atoms with Gasteiger partial charge in [-0.2, -0.15) is 0 Å². The zero-order chi connectivity index (χ0) is 18.7. The van der Waals surface area contributed by atoms with Gasteiger partial charge < -0.3 is 4.74 Å². The number of hydrogen-bond donors (Lipinski definition) is 1. The van der Waals surface area contributed by atoms with Gasteiger partial charge in [0.25, 0.3) is 11.8 Å². The highest BCUT2D eigenvalue weighted by Crippen LogP contribution is 2.25. The van der Waals surface area contributed by atoms with E-state index in [1.807, 2.05) is 38.1 Å². The van der Waals surface area contributed by atoms with Crippen LogP contribution in [0.1, 0.15) is 18.1 Å². The molecule has 0 radical (unpaired) electrons. The quantitative estimate of drug-likeness (QED) is 0.513. The topological polar surface area (TPSA) is 58.6 Å².